The normalized spacial score (nSPS) is 11.3. The van der Waals surface area contributed by atoms with Crippen LogP contribution in [0.3, 0.4) is 0 Å². The van der Waals surface area contributed by atoms with Gasteiger partial charge in [0.2, 0.25) is 0 Å². The first-order valence-corrected chi connectivity index (χ1v) is 6.95. The quantitative estimate of drug-likeness (QED) is 0.579. The summed E-state index contributed by atoms with van der Waals surface area (Å²) in [6, 6.07) is 22.3. The van der Waals surface area contributed by atoms with E-state index >= 15 is 0 Å². The fourth-order valence-electron chi connectivity index (χ4n) is 2.19. The van der Waals surface area contributed by atoms with Crippen LogP contribution in [0.5, 0.6) is 11.5 Å². The summed E-state index contributed by atoms with van der Waals surface area (Å²) in [4.78, 5) is 0. The lowest BCUT2D eigenvalue weighted by atomic mass is 10.0. The molecule has 1 nitrogen and oxygen atoms in total. The van der Waals surface area contributed by atoms with Gasteiger partial charge in [0, 0.05) is 5.56 Å². The van der Waals surface area contributed by atoms with E-state index in [4.69, 9.17) is 4.74 Å². The van der Waals surface area contributed by atoms with E-state index in [2.05, 4.69) is 6.07 Å². The van der Waals surface area contributed by atoms with E-state index in [1.807, 2.05) is 30.3 Å². The van der Waals surface area contributed by atoms with Gasteiger partial charge in [-0.15, -0.1) is 0 Å². The molecule has 0 aliphatic carbocycles. The first-order valence-electron chi connectivity index (χ1n) is 6.95. The van der Waals surface area contributed by atoms with E-state index in [0.717, 1.165) is 12.1 Å². The van der Waals surface area contributed by atoms with E-state index in [1.165, 1.54) is 12.1 Å². The topological polar surface area (TPSA) is 9.23 Å². The average molecular weight is 313 g/mol. The molecule has 4 heteroatoms. The minimum atomic E-state index is -4.34. The molecule has 0 spiro atoms. The highest BCUT2D eigenvalue weighted by molar-refractivity contribution is 5.71. The van der Waals surface area contributed by atoms with E-state index in [9.17, 15) is 13.2 Å². The fraction of sp³-hybridized carbons (Fsp3) is 0.0526. The van der Waals surface area contributed by atoms with Gasteiger partial charge in [-0.3, -0.25) is 0 Å². The molecule has 0 fully saturated rings. The Morgan fingerprint density at radius 3 is 2.17 bits per heavy atom. The SMILES string of the molecule is FC(F)(F)c1ccc(-c2cc[c]cc2Oc2ccccc2)cc1. The minimum Gasteiger partial charge on any atom is -0.457 e. The lowest BCUT2D eigenvalue weighted by Gasteiger charge is -2.12. The van der Waals surface area contributed by atoms with E-state index < -0.39 is 11.7 Å². The Kier molecular flexibility index (Phi) is 4.06. The maximum Gasteiger partial charge on any atom is 0.416 e. The van der Waals surface area contributed by atoms with Crippen molar-refractivity contribution >= 4 is 0 Å². The maximum atomic E-state index is 12.7. The zero-order valence-electron chi connectivity index (χ0n) is 12.0. The molecule has 3 aromatic carbocycles. The second-order valence-corrected chi connectivity index (χ2v) is 4.91. The van der Waals surface area contributed by atoms with Gasteiger partial charge in [0.05, 0.1) is 5.56 Å². The highest BCUT2D eigenvalue weighted by Crippen LogP contribution is 2.35. The standard InChI is InChI=1S/C19H12F3O/c20-19(21,22)15-12-10-14(11-13-15)17-8-4-5-9-18(17)23-16-6-2-1-3-7-16/h1-4,6-13H. The fourth-order valence-corrected chi connectivity index (χ4v) is 2.19. The Hall–Kier alpha value is -2.75. The van der Waals surface area contributed by atoms with Crippen LogP contribution in [-0.4, -0.2) is 0 Å². The first-order chi connectivity index (χ1) is 11.0. The largest absolute Gasteiger partial charge is 0.457 e. The van der Waals surface area contributed by atoms with Crippen molar-refractivity contribution in [1.29, 1.82) is 0 Å². The zero-order valence-corrected chi connectivity index (χ0v) is 12.0. The predicted molar refractivity (Wildman–Crippen MR) is 82.2 cm³/mol. The summed E-state index contributed by atoms with van der Waals surface area (Å²) in [6.45, 7) is 0. The van der Waals surface area contributed by atoms with Crippen molar-refractivity contribution in [1.82, 2.24) is 0 Å². The van der Waals surface area contributed by atoms with Gasteiger partial charge < -0.3 is 4.74 Å². The van der Waals surface area contributed by atoms with Crippen LogP contribution in [0.25, 0.3) is 11.1 Å². The monoisotopic (exact) mass is 313 g/mol. The van der Waals surface area contributed by atoms with Crippen molar-refractivity contribution in [2.24, 2.45) is 0 Å². The summed E-state index contributed by atoms with van der Waals surface area (Å²) in [5.41, 5.74) is 0.688. The van der Waals surface area contributed by atoms with Gasteiger partial charge in [0.15, 0.2) is 0 Å². The predicted octanol–water partition coefficient (Wildman–Crippen LogP) is 5.96. The van der Waals surface area contributed by atoms with Crippen molar-refractivity contribution in [3.63, 3.8) is 0 Å². The molecule has 23 heavy (non-hydrogen) atoms. The lowest BCUT2D eigenvalue weighted by molar-refractivity contribution is -0.137. The molecule has 0 amide bonds. The smallest absolute Gasteiger partial charge is 0.416 e. The van der Waals surface area contributed by atoms with Crippen LogP contribution >= 0.6 is 0 Å². The molecule has 0 N–H and O–H groups in total. The van der Waals surface area contributed by atoms with Gasteiger partial charge in [-0.05, 0) is 42.0 Å². The number of hydrogen-bond donors (Lipinski definition) is 0. The molecule has 0 saturated heterocycles. The average Bonchev–Trinajstić information content (AvgIpc) is 2.56. The first kappa shape index (κ1) is 15.2. The molecule has 0 atom stereocenters. The van der Waals surface area contributed by atoms with E-state index in [0.29, 0.717) is 22.6 Å². The summed E-state index contributed by atoms with van der Waals surface area (Å²) < 4.78 is 43.8. The molecule has 115 valence electrons. The molecule has 3 rings (SSSR count). The molecule has 1 radical (unpaired) electrons. The van der Waals surface area contributed by atoms with E-state index in [1.54, 1.807) is 18.2 Å². The van der Waals surface area contributed by atoms with Crippen LogP contribution in [0.4, 0.5) is 13.2 Å². The van der Waals surface area contributed by atoms with Gasteiger partial charge in [0.1, 0.15) is 11.5 Å². The summed E-state index contributed by atoms with van der Waals surface area (Å²) in [5.74, 6) is 1.19. The van der Waals surface area contributed by atoms with Gasteiger partial charge >= 0.3 is 6.18 Å². The van der Waals surface area contributed by atoms with Crippen LogP contribution in [0.1, 0.15) is 5.56 Å². The van der Waals surface area contributed by atoms with Crippen LogP contribution in [0.2, 0.25) is 0 Å². The van der Waals surface area contributed by atoms with Crippen molar-refractivity contribution < 1.29 is 17.9 Å². The number of ether oxygens (including phenoxy) is 1. The highest BCUT2D eigenvalue weighted by Gasteiger charge is 2.30. The third kappa shape index (κ3) is 3.54. The molecule has 0 heterocycles. The molecule has 0 saturated carbocycles. The molecular formula is C19H12F3O. The second-order valence-electron chi connectivity index (χ2n) is 4.91. The Labute approximate surface area is 132 Å². The Balaban J connectivity index is 1.94. The van der Waals surface area contributed by atoms with Crippen molar-refractivity contribution in [3.8, 4) is 22.6 Å². The second kappa shape index (κ2) is 6.16. The van der Waals surface area contributed by atoms with E-state index in [-0.39, 0.29) is 0 Å². The molecule has 3 aromatic rings. The van der Waals surface area contributed by atoms with Gasteiger partial charge in [-0.25, -0.2) is 0 Å². The summed E-state index contributed by atoms with van der Waals surface area (Å²) in [5, 5.41) is 0. The number of rotatable bonds is 3. The third-order valence-electron chi connectivity index (χ3n) is 3.32. The summed E-state index contributed by atoms with van der Waals surface area (Å²) in [7, 11) is 0. The molecule has 0 aromatic heterocycles. The van der Waals surface area contributed by atoms with Crippen molar-refractivity contribution in [3.05, 3.63) is 84.4 Å². The number of para-hydroxylation sites is 1. The molecule has 0 aliphatic heterocycles. The highest BCUT2D eigenvalue weighted by atomic mass is 19.4. The molecular weight excluding hydrogens is 301 g/mol. The minimum absolute atomic E-state index is 0.540. The number of alkyl halides is 3. The summed E-state index contributed by atoms with van der Waals surface area (Å²) >= 11 is 0. The van der Waals surface area contributed by atoms with Crippen molar-refractivity contribution in [2.75, 3.05) is 0 Å². The van der Waals surface area contributed by atoms with Crippen LogP contribution < -0.4 is 4.74 Å². The Morgan fingerprint density at radius 2 is 1.52 bits per heavy atom. The Morgan fingerprint density at radius 1 is 0.826 bits per heavy atom. The van der Waals surface area contributed by atoms with Crippen LogP contribution in [0.15, 0.2) is 72.8 Å². The van der Waals surface area contributed by atoms with Crippen molar-refractivity contribution in [2.45, 2.75) is 6.18 Å². The molecule has 0 unspecified atom stereocenters. The number of halogens is 3. The van der Waals surface area contributed by atoms with Crippen LogP contribution in [0, 0.1) is 6.07 Å². The molecule has 0 aliphatic rings. The third-order valence-corrected chi connectivity index (χ3v) is 3.32. The number of benzene rings is 3. The van der Waals surface area contributed by atoms with Gasteiger partial charge in [-0.1, -0.05) is 42.5 Å². The van der Waals surface area contributed by atoms with Gasteiger partial charge in [0.25, 0.3) is 0 Å². The van der Waals surface area contributed by atoms with Crippen LogP contribution in [-0.2, 0) is 6.18 Å². The van der Waals surface area contributed by atoms with Gasteiger partial charge in [-0.2, -0.15) is 13.2 Å². The summed E-state index contributed by atoms with van der Waals surface area (Å²) in [6.07, 6.45) is -4.34. The molecule has 0 bridgehead atoms. The zero-order chi connectivity index (χ0) is 16.3. The number of hydrogen-bond acceptors (Lipinski definition) is 1. The lowest BCUT2D eigenvalue weighted by Crippen LogP contribution is -2.04. The Bertz CT molecular complexity index is 778. The maximum absolute atomic E-state index is 12.7.